The number of rotatable bonds is 9. The van der Waals surface area contributed by atoms with Gasteiger partial charge in [0, 0.05) is 18.5 Å². The van der Waals surface area contributed by atoms with Crippen molar-refractivity contribution in [3.8, 4) is 5.75 Å². The third-order valence-corrected chi connectivity index (χ3v) is 4.92. The fourth-order valence-electron chi connectivity index (χ4n) is 3.29. The van der Waals surface area contributed by atoms with Gasteiger partial charge in [0.15, 0.2) is 6.10 Å². The predicted octanol–water partition coefficient (Wildman–Crippen LogP) is 2.21. The number of benzene rings is 1. The number of nitrogens with zero attached hydrogens (tertiary/aromatic N) is 1. The summed E-state index contributed by atoms with van der Waals surface area (Å²) in [7, 11) is 0. The molecule has 0 saturated carbocycles. The maximum absolute atomic E-state index is 13.0. The molecule has 3 N–H and O–H groups in total. The summed E-state index contributed by atoms with van der Waals surface area (Å²) in [6.07, 6.45) is -1.18. The molecule has 1 aliphatic rings. The zero-order valence-electron chi connectivity index (χ0n) is 17.6. The molecule has 0 fully saturated rings. The van der Waals surface area contributed by atoms with E-state index in [9.17, 15) is 28.3 Å². The van der Waals surface area contributed by atoms with Crippen molar-refractivity contribution >= 4 is 17.8 Å². The van der Waals surface area contributed by atoms with Crippen LogP contribution < -0.4 is 10.1 Å². The number of halogens is 2. The lowest BCUT2D eigenvalue weighted by molar-refractivity contribution is -0.140. The van der Waals surface area contributed by atoms with Crippen LogP contribution in [0.5, 0.6) is 5.75 Å². The fourth-order valence-corrected chi connectivity index (χ4v) is 3.29. The first kappa shape index (κ1) is 24.1. The Hall–Kier alpha value is -3.17. The van der Waals surface area contributed by atoms with E-state index in [0.29, 0.717) is 16.9 Å². The summed E-state index contributed by atoms with van der Waals surface area (Å²) >= 11 is 0. The van der Waals surface area contributed by atoms with Crippen LogP contribution in [0.2, 0.25) is 0 Å². The molecule has 31 heavy (non-hydrogen) atoms. The number of ether oxygens (including phenoxy) is 1. The molecule has 8 nitrogen and oxygen atoms in total. The van der Waals surface area contributed by atoms with Crippen molar-refractivity contribution in [1.29, 1.82) is 0 Å². The van der Waals surface area contributed by atoms with Gasteiger partial charge in [-0.3, -0.25) is 14.4 Å². The van der Waals surface area contributed by atoms with Gasteiger partial charge in [-0.15, -0.1) is 0 Å². The third-order valence-electron chi connectivity index (χ3n) is 4.92. The van der Waals surface area contributed by atoms with Crippen LogP contribution in [0.15, 0.2) is 29.5 Å². The number of alkyl halides is 2. The minimum absolute atomic E-state index is 0.00339. The molecule has 170 valence electrons. The van der Waals surface area contributed by atoms with Crippen LogP contribution in [-0.4, -0.2) is 64.4 Å². The zero-order chi connectivity index (χ0) is 23.3. The summed E-state index contributed by atoms with van der Waals surface area (Å²) in [6, 6.07) is 4.90. The van der Waals surface area contributed by atoms with Crippen molar-refractivity contribution in [2.75, 3.05) is 19.9 Å². The Bertz CT molecular complexity index is 896. The normalized spacial score (nSPS) is 15.9. The predicted molar refractivity (Wildman–Crippen MR) is 107 cm³/mol. The van der Waals surface area contributed by atoms with Crippen LogP contribution in [0, 0.1) is 6.92 Å². The van der Waals surface area contributed by atoms with Gasteiger partial charge in [0.05, 0.1) is 0 Å². The lowest BCUT2D eigenvalue weighted by Gasteiger charge is -2.42. The molecule has 10 heteroatoms. The van der Waals surface area contributed by atoms with Crippen LogP contribution in [0.1, 0.15) is 31.4 Å². The molecular formula is C21H26F2N2O6. The molecule has 0 saturated heterocycles. The van der Waals surface area contributed by atoms with E-state index in [2.05, 4.69) is 5.32 Å². The van der Waals surface area contributed by atoms with Gasteiger partial charge in [0.25, 0.3) is 11.8 Å². The number of aryl methyl sites for hydroxylation is 1. The molecule has 1 aromatic carbocycles. The molecule has 0 spiro atoms. The molecule has 2 rings (SSSR count). The zero-order valence-corrected chi connectivity index (χ0v) is 17.6. The summed E-state index contributed by atoms with van der Waals surface area (Å²) in [6.45, 7) is 2.63. The number of amides is 2. The van der Waals surface area contributed by atoms with E-state index in [4.69, 9.17) is 9.84 Å². The van der Waals surface area contributed by atoms with Crippen molar-refractivity contribution < 1.29 is 38.1 Å². The Balaban J connectivity index is 2.25. The van der Waals surface area contributed by atoms with Gasteiger partial charge in [-0.2, -0.15) is 0 Å². The Morgan fingerprint density at radius 3 is 2.48 bits per heavy atom. The van der Waals surface area contributed by atoms with Crippen LogP contribution >= 0.6 is 0 Å². The number of hydrogen-bond acceptors (Lipinski definition) is 5. The summed E-state index contributed by atoms with van der Waals surface area (Å²) in [5.74, 6) is -3.06. The van der Waals surface area contributed by atoms with Crippen molar-refractivity contribution in [2.24, 2.45) is 0 Å². The summed E-state index contributed by atoms with van der Waals surface area (Å²) < 4.78 is 30.7. The average Bonchev–Trinajstić information content (AvgIpc) is 2.68. The van der Waals surface area contributed by atoms with Crippen LogP contribution in [0.4, 0.5) is 8.78 Å². The number of carboxylic acid groups (broad SMARTS) is 1. The highest BCUT2D eigenvalue weighted by Crippen LogP contribution is 2.33. The Morgan fingerprint density at radius 1 is 1.29 bits per heavy atom. The molecule has 0 radical (unpaired) electrons. The lowest BCUT2D eigenvalue weighted by atomic mass is 9.88. The minimum Gasteiger partial charge on any atom is -0.511 e. The second-order valence-electron chi connectivity index (χ2n) is 7.93. The number of carbonyl (C=O) groups excluding carboxylic acids is 2. The monoisotopic (exact) mass is 440 g/mol. The van der Waals surface area contributed by atoms with E-state index in [1.165, 1.54) is 4.90 Å². The van der Waals surface area contributed by atoms with Gasteiger partial charge in [-0.05, 0) is 38.0 Å². The van der Waals surface area contributed by atoms with Crippen LogP contribution in [-0.2, 0) is 20.9 Å². The van der Waals surface area contributed by atoms with Crippen LogP contribution in [0.25, 0.3) is 0 Å². The maximum atomic E-state index is 13.0. The van der Waals surface area contributed by atoms with Crippen molar-refractivity contribution in [3.05, 3.63) is 40.7 Å². The van der Waals surface area contributed by atoms with Gasteiger partial charge in [0.1, 0.15) is 37.0 Å². The molecule has 0 aliphatic carbocycles. The smallest absolute Gasteiger partial charge is 0.322 e. The number of aliphatic carboxylic acids is 1. The van der Waals surface area contributed by atoms with E-state index < -0.39 is 60.7 Å². The first-order valence-corrected chi connectivity index (χ1v) is 9.62. The van der Waals surface area contributed by atoms with E-state index in [1.807, 2.05) is 0 Å². The number of carbonyl (C=O) groups is 3. The highest BCUT2D eigenvalue weighted by atomic mass is 19.1. The SMILES string of the molecule is Cc1cc(CN2C(=O)C(C(=O)NCC(=O)O)=C(O)CC2(C)C)ccc1OC(CF)CF. The summed E-state index contributed by atoms with van der Waals surface area (Å²) in [5.41, 5.74) is -0.0283. The van der Waals surface area contributed by atoms with Gasteiger partial charge >= 0.3 is 5.97 Å². The Morgan fingerprint density at radius 2 is 1.94 bits per heavy atom. The highest BCUT2D eigenvalue weighted by molar-refractivity contribution is 6.19. The first-order valence-electron chi connectivity index (χ1n) is 9.62. The molecular weight excluding hydrogens is 414 g/mol. The standard InChI is InChI=1S/C21H26F2N2O6/c1-12-6-13(4-5-16(12)31-14(8-22)9-23)11-25-20(30)18(15(26)7-21(25,2)3)19(29)24-10-17(27)28/h4-6,14,26H,7-11H2,1-3H3,(H,24,29)(H,27,28). The van der Waals surface area contributed by atoms with Crippen molar-refractivity contribution in [2.45, 2.75) is 45.4 Å². The molecule has 0 unspecified atom stereocenters. The van der Waals surface area contributed by atoms with Crippen molar-refractivity contribution in [1.82, 2.24) is 10.2 Å². The molecule has 1 aromatic rings. The number of nitrogens with one attached hydrogen (secondary N) is 1. The molecule has 0 bridgehead atoms. The third kappa shape index (κ3) is 5.71. The fraction of sp³-hybridized carbons (Fsp3) is 0.476. The second-order valence-corrected chi connectivity index (χ2v) is 7.93. The summed E-state index contributed by atoms with van der Waals surface area (Å²) in [5, 5.41) is 21.1. The minimum atomic E-state index is -1.28. The van der Waals surface area contributed by atoms with Gasteiger partial charge < -0.3 is 25.2 Å². The van der Waals surface area contributed by atoms with Gasteiger partial charge in [-0.25, -0.2) is 8.78 Å². The largest absolute Gasteiger partial charge is 0.511 e. The number of aliphatic hydroxyl groups is 1. The molecule has 1 aliphatic heterocycles. The molecule has 0 aromatic heterocycles. The van der Waals surface area contributed by atoms with Gasteiger partial charge in [-0.1, -0.05) is 12.1 Å². The molecule has 0 atom stereocenters. The van der Waals surface area contributed by atoms with E-state index in [-0.39, 0.29) is 13.0 Å². The number of aliphatic hydroxyl groups excluding tert-OH is 1. The number of carboxylic acids is 1. The van der Waals surface area contributed by atoms with E-state index >= 15 is 0 Å². The number of hydrogen-bond donors (Lipinski definition) is 3. The topological polar surface area (TPSA) is 116 Å². The van der Waals surface area contributed by atoms with Crippen LogP contribution in [0.3, 0.4) is 0 Å². The van der Waals surface area contributed by atoms with E-state index in [1.54, 1.807) is 39.0 Å². The first-order chi connectivity index (χ1) is 14.5. The van der Waals surface area contributed by atoms with Crippen molar-refractivity contribution in [3.63, 3.8) is 0 Å². The maximum Gasteiger partial charge on any atom is 0.322 e. The quantitative estimate of drug-likeness (QED) is 0.507. The summed E-state index contributed by atoms with van der Waals surface area (Å²) in [4.78, 5) is 37.4. The average molecular weight is 440 g/mol. The van der Waals surface area contributed by atoms with E-state index in [0.717, 1.165) is 0 Å². The highest BCUT2D eigenvalue weighted by Gasteiger charge is 2.42. The molecule has 1 heterocycles. The molecule has 2 amide bonds. The van der Waals surface area contributed by atoms with Gasteiger partial charge in [0.2, 0.25) is 0 Å². The Kier molecular flexibility index (Phi) is 7.59. The Labute approximate surface area is 178 Å². The lowest BCUT2D eigenvalue weighted by Crippen LogP contribution is -2.53. The second kappa shape index (κ2) is 9.76.